The SMILES string of the molecule is COc1cc(C=Nc2oc(-c3ccccc3)c(-c3ccccc3)c2C#N)cc(I)c1O. The minimum absolute atomic E-state index is 0.0775. The Morgan fingerprint density at radius 3 is 2.29 bits per heavy atom. The zero-order chi connectivity index (χ0) is 21.8. The van der Waals surface area contributed by atoms with Crippen LogP contribution in [-0.2, 0) is 0 Å². The number of aromatic hydroxyl groups is 1. The maximum absolute atomic E-state index is 10.0. The fraction of sp³-hybridized carbons (Fsp3) is 0.0400. The number of methoxy groups -OCH3 is 1. The molecule has 0 bridgehead atoms. The monoisotopic (exact) mass is 520 g/mol. The molecule has 0 spiro atoms. The number of rotatable bonds is 5. The van der Waals surface area contributed by atoms with Crippen LogP contribution in [0.4, 0.5) is 5.88 Å². The van der Waals surface area contributed by atoms with E-state index < -0.39 is 0 Å². The van der Waals surface area contributed by atoms with Crippen molar-refractivity contribution in [2.24, 2.45) is 4.99 Å². The van der Waals surface area contributed by atoms with Gasteiger partial charge in [-0.2, -0.15) is 5.26 Å². The number of hydrogen-bond donors (Lipinski definition) is 1. The first kappa shape index (κ1) is 20.7. The molecular weight excluding hydrogens is 503 g/mol. The van der Waals surface area contributed by atoms with Gasteiger partial charge >= 0.3 is 0 Å². The van der Waals surface area contributed by atoms with Gasteiger partial charge in [0.25, 0.3) is 0 Å². The molecule has 152 valence electrons. The van der Waals surface area contributed by atoms with Crippen LogP contribution < -0.4 is 4.74 Å². The summed E-state index contributed by atoms with van der Waals surface area (Å²) in [4.78, 5) is 4.47. The van der Waals surface area contributed by atoms with Gasteiger partial charge in [-0.15, -0.1) is 0 Å². The van der Waals surface area contributed by atoms with E-state index in [-0.39, 0.29) is 11.6 Å². The van der Waals surface area contributed by atoms with Crippen LogP contribution in [0.15, 0.2) is 82.2 Å². The van der Waals surface area contributed by atoms with Gasteiger partial charge < -0.3 is 14.3 Å². The average molecular weight is 520 g/mol. The molecule has 6 heteroatoms. The lowest BCUT2D eigenvalue weighted by molar-refractivity contribution is 0.371. The molecule has 0 aliphatic heterocycles. The molecular formula is C25H17IN2O3. The molecule has 31 heavy (non-hydrogen) atoms. The van der Waals surface area contributed by atoms with Crippen molar-refractivity contribution in [1.82, 2.24) is 0 Å². The van der Waals surface area contributed by atoms with Crippen molar-refractivity contribution < 1.29 is 14.3 Å². The van der Waals surface area contributed by atoms with E-state index in [2.05, 4.69) is 11.1 Å². The van der Waals surface area contributed by atoms with Gasteiger partial charge in [0.2, 0.25) is 5.88 Å². The third kappa shape index (κ3) is 4.18. The molecule has 0 atom stereocenters. The second-order valence-corrected chi connectivity index (χ2v) is 7.80. The van der Waals surface area contributed by atoms with Crippen molar-refractivity contribution in [1.29, 1.82) is 5.26 Å². The van der Waals surface area contributed by atoms with Crippen molar-refractivity contribution in [3.8, 4) is 40.0 Å². The third-order valence-corrected chi connectivity index (χ3v) is 5.52. The van der Waals surface area contributed by atoms with Crippen LogP contribution in [0.25, 0.3) is 22.5 Å². The molecule has 1 N–H and O–H groups in total. The van der Waals surface area contributed by atoms with E-state index in [1.807, 2.05) is 83.3 Å². The predicted octanol–water partition coefficient (Wildman–Crippen LogP) is 6.55. The number of ether oxygens (including phenoxy) is 1. The summed E-state index contributed by atoms with van der Waals surface area (Å²) in [6.45, 7) is 0. The molecule has 0 aliphatic carbocycles. The first-order valence-electron chi connectivity index (χ1n) is 9.40. The second kappa shape index (κ2) is 9.06. The normalized spacial score (nSPS) is 10.9. The number of hydrogen-bond acceptors (Lipinski definition) is 5. The van der Waals surface area contributed by atoms with Gasteiger partial charge in [0.1, 0.15) is 17.4 Å². The Morgan fingerprint density at radius 2 is 1.68 bits per heavy atom. The van der Waals surface area contributed by atoms with E-state index >= 15 is 0 Å². The van der Waals surface area contributed by atoms with Gasteiger partial charge in [0.15, 0.2) is 11.5 Å². The van der Waals surface area contributed by atoms with E-state index in [4.69, 9.17) is 9.15 Å². The number of aliphatic imine (C=N–C) groups is 1. The molecule has 4 aromatic rings. The molecule has 0 unspecified atom stereocenters. The molecule has 0 saturated carbocycles. The largest absolute Gasteiger partial charge is 0.504 e. The molecule has 4 rings (SSSR count). The summed E-state index contributed by atoms with van der Waals surface area (Å²) in [6.07, 6.45) is 1.59. The Bertz CT molecular complexity index is 1290. The van der Waals surface area contributed by atoms with Crippen LogP contribution in [0.1, 0.15) is 11.1 Å². The first-order valence-corrected chi connectivity index (χ1v) is 10.5. The summed E-state index contributed by atoms with van der Waals surface area (Å²) in [6, 6.07) is 25.0. The van der Waals surface area contributed by atoms with Gasteiger partial charge in [0.05, 0.1) is 10.7 Å². The van der Waals surface area contributed by atoms with Crippen LogP contribution in [0, 0.1) is 14.9 Å². The van der Waals surface area contributed by atoms with Crippen LogP contribution in [0.3, 0.4) is 0 Å². The summed E-state index contributed by atoms with van der Waals surface area (Å²) in [7, 11) is 1.49. The number of phenolic OH excluding ortho intramolecular Hbond substituents is 1. The van der Waals surface area contributed by atoms with Gasteiger partial charge in [-0.05, 0) is 45.9 Å². The number of nitrogens with zero attached hydrogens (tertiary/aromatic N) is 2. The number of furan rings is 1. The van der Waals surface area contributed by atoms with Crippen LogP contribution >= 0.6 is 22.6 Å². The fourth-order valence-corrected chi connectivity index (χ4v) is 3.87. The second-order valence-electron chi connectivity index (χ2n) is 6.64. The quantitative estimate of drug-likeness (QED) is 0.239. The van der Waals surface area contributed by atoms with E-state index in [9.17, 15) is 10.4 Å². The molecule has 1 aromatic heterocycles. The third-order valence-electron chi connectivity index (χ3n) is 4.70. The summed E-state index contributed by atoms with van der Waals surface area (Å²) in [5.41, 5.74) is 3.52. The standard InChI is InChI=1S/C25H17IN2O3/c1-30-21-13-16(12-20(26)23(21)29)15-28-25-19(14-27)22(17-8-4-2-5-9-17)24(31-25)18-10-6-3-7-11-18/h2-13,15,29H,1H3. The van der Waals surface area contributed by atoms with E-state index in [1.54, 1.807) is 18.3 Å². The minimum Gasteiger partial charge on any atom is -0.504 e. The minimum atomic E-state index is 0.0775. The average Bonchev–Trinajstić information content (AvgIpc) is 3.19. The van der Waals surface area contributed by atoms with E-state index in [1.165, 1.54) is 7.11 Å². The molecule has 1 heterocycles. The van der Waals surface area contributed by atoms with Crippen molar-refractivity contribution in [2.75, 3.05) is 7.11 Å². The van der Waals surface area contributed by atoms with Gasteiger partial charge in [-0.1, -0.05) is 60.7 Å². The van der Waals surface area contributed by atoms with E-state index in [0.29, 0.717) is 31.8 Å². The van der Waals surface area contributed by atoms with Crippen LogP contribution in [0.2, 0.25) is 0 Å². The van der Waals surface area contributed by atoms with Crippen molar-refractivity contribution in [3.63, 3.8) is 0 Å². The summed E-state index contributed by atoms with van der Waals surface area (Å²) in [5, 5.41) is 20.0. The van der Waals surface area contributed by atoms with Gasteiger partial charge in [-0.25, -0.2) is 4.99 Å². The van der Waals surface area contributed by atoms with Crippen LogP contribution in [-0.4, -0.2) is 18.4 Å². The zero-order valence-corrected chi connectivity index (χ0v) is 18.7. The van der Waals surface area contributed by atoms with Crippen molar-refractivity contribution >= 4 is 34.7 Å². The van der Waals surface area contributed by atoms with E-state index in [0.717, 1.165) is 11.1 Å². The summed E-state index contributed by atoms with van der Waals surface area (Å²) >= 11 is 2.02. The molecule has 0 radical (unpaired) electrons. The topological polar surface area (TPSA) is 78.8 Å². The lowest BCUT2D eigenvalue weighted by Gasteiger charge is -2.06. The first-order chi connectivity index (χ1) is 15.1. The molecule has 0 aliphatic rings. The van der Waals surface area contributed by atoms with Crippen molar-refractivity contribution in [2.45, 2.75) is 0 Å². The molecule has 0 fully saturated rings. The number of halogens is 1. The Kier molecular flexibility index (Phi) is 6.05. The number of benzene rings is 3. The van der Waals surface area contributed by atoms with Gasteiger partial charge in [0, 0.05) is 17.3 Å². The summed E-state index contributed by atoms with van der Waals surface area (Å²) < 4.78 is 11.9. The lowest BCUT2D eigenvalue weighted by atomic mass is 9.98. The highest BCUT2D eigenvalue weighted by molar-refractivity contribution is 14.1. The molecule has 0 amide bonds. The number of phenols is 1. The zero-order valence-electron chi connectivity index (χ0n) is 16.5. The Labute approximate surface area is 193 Å². The van der Waals surface area contributed by atoms with Gasteiger partial charge in [-0.3, -0.25) is 0 Å². The fourth-order valence-electron chi connectivity index (χ4n) is 3.24. The lowest BCUT2D eigenvalue weighted by Crippen LogP contribution is -1.90. The highest BCUT2D eigenvalue weighted by Crippen LogP contribution is 2.42. The maximum Gasteiger partial charge on any atom is 0.238 e. The maximum atomic E-state index is 10.0. The smallest absolute Gasteiger partial charge is 0.238 e. The molecule has 5 nitrogen and oxygen atoms in total. The predicted molar refractivity (Wildman–Crippen MR) is 129 cm³/mol. The molecule has 3 aromatic carbocycles. The Balaban J connectivity index is 1.86. The number of nitriles is 1. The molecule has 0 saturated heterocycles. The Hall–Kier alpha value is -3.57. The van der Waals surface area contributed by atoms with Crippen LogP contribution in [0.5, 0.6) is 11.5 Å². The highest BCUT2D eigenvalue weighted by atomic mass is 127. The highest BCUT2D eigenvalue weighted by Gasteiger charge is 2.22. The Morgan fingerprint density at radius 1 is 1.03 bits per heavy atom. The van der Waals surface area contributed by atoms with Crippen molar-refractivity contribution in [3.05, 3.63) is 87.5 Å². The summed E-state index contributed by atoms with van der Waals surface area (Å²) in [5.74, 6) is 1.24.